The molecule has 2 saturated carbocycles. The minimum absolute atomic E-state index is 0.131. The summed E-state index contributed by atoms with van der Waals surface area (Å²) in [6.07, 6.45) is 9.59. The Balaban J connectivity index is 1.04. The minimum Gasteiger partial charge on any atom is -0.497 e. The number of carbonyl (C=O) groups excluding carboxylic acids is 2. The Kier molecular flexibility index (Phi) is 5.96. The quantitative estimate of drug-likeness (QED) is 0.704. The van der Waals surface area contributed by atoms with Crippen LogP contribution in [-0.4, -0.2) is 41.5 Å². The molecule has 1 spiro atoms. The first kappa shape index (κ1) is 21.7. The van der Waals surface area contributed by atoms with Crippen LogP contribution in [0.25, 0.3) is 0 Å². The van der Waals surface area contributed by atoms with Crippen molar-refractivity contribution in [1.82, 2.24) is 20.5 Å². The molecule has 3 amide bonds. The molecule has 2 N–H and O–H groups in total. The average Bonchev–Trinajstić information content (AvgIpc) is 3.29. The molecule has 3 fully saturated rings. The van der Waals surface area contributed by atoms with E-state index in [1.54, 1.807) is 13.3 Å². The van der Waals surface area contributed by atoms with Crippen molar-refractivity contribution in [2.24, 2.45) is 11.3 Å². The molecule has 7 nitrogen and oxygen atoms in total. The molecule has 0 bridgehead atoms. The van der Waals surface area contributed by atoms with Crippen LogP contribution in [0.5, 0.6) is 5.75 Å². The zero-order valence-corrected chi connectivity index (χ0v) is 19.1. The first-order valence-electron chi connectivity index (χ1n) is 11.9. The van der Waals surface area contributed by atoms with Crippen LogP contribution in [0.15, 0.2) is 48.8 Å². The van der Waals surface area contributed by atoms with Crippen molar-refractivity contribution >= 4 is 11.9 Å². The van der Waals surface area contributed by atoms with Gasteiger partial charge < -0.3 is 20.3 Å². The lowest BCUT2D eigenvalue weighted by Crippen LogP contribution is -2.59. The van der Waals surface area contributed by atoms with Crippen LogP contribution < -0.4 is 15.4 Å². The number of carbonyl (C=O) groups is 2. The number of ether oxygens (including phenoxy) is 1. The third-order valence-electron chi connectivity index (χ3n) is 7.62. The number of benzene rings is 1. The van der Waals surface area contributed by atoms with Crippen LogP contribution in [0.1, 0.15) is 55.7 Å². The van der Waals surface area contributed by atoms with Gasteiger partial charge in [0.25, 0.3) is 0 Å². The second-order valence-corrected chi connectivity index (χ2v) is 9.86. The number of methoxy groups -OCH3 is 1. The zero-order chi connectivity index (χ0) is 22.8. The van der Waals surface area contributed by atoms with Crippen molar-refractivity contribution in [2.45, 2.75) is 57.2 Å². The van der Waals surface area contributed by atoms with Crippen LogP contribution >= 0.6 is 0 Å². The maximum Gasteiger partial charge on any atom is 0.315 e. The van der Waals surface area contributed by atoms with Crippen molar-refractivity contribution in [3.05, 3.63) is 59.9 Å². The molecular formula is C26H32N4O3. The topological polar surface area (TPSA) is 83.6 Å². The molecule has 1 unspecified atom stereocenters. The molecule has 1 saturated heterocycles. The number of nitrogens with zero attached hydrogens (tertiary/aromatic N) is 2. The summed E-state index contributed by atoms with van der Waals surface area (Å²) >= 11 is 0. The molecule has 2 aromatic rings. The van der Waals surface area contributed by atoms with E-state index in [0.717, 1.165) is 61.9 Å². The van der Waals surface area contributed by atoms with Crippen molar-refractivity contribution in [3.8, 4) is 5.75 Å². The van der Waals surface area contributed by atoms with E-state index in [1.807, 2.05) is 36.5 Å². The predicted molar refractivity (Wildman–Crippen MR) is 124 cm³/mol. The largest absolute Gasteiger partial charge is 0.497 e. The van der Waals surface area contributed by atoms with E-state index in [4.69, 9.17) is 4.74 Å². The highest BCUT2D eigenvalue weighted by Crippen LogP contribution is 2.59. The number of amides is 3. The molecule has 7 heteroatoms. The number of urea groups is 1. The molecule has 1 aromatic carbocycles. The number of hydrogen-bond acceptors (Lipinski definition) is 4. The Hall–Kier alpha value is -3.09. The second kappa shape index (κ2) is 9.04. The van der Waals surface area contributed by atoms with Gasteiger partial charge in [-0.1, -0.05) is 18.2 Å². The first-order valence-corrected chi connectivity index (χ1v) is 11.9. The van der Waals surface area contributed by atoms with Gasteiger partial charge in [-0.15, -0.1) is 0 Å². The van der Waals surface area contributed by atoms with E-state index in [9.17, 15) is 9.59 Å². The van der Waals surface area contributed by atoms with E-state index in [-0.39, 0.29) is 29.4 Å². The smallest absolute Gasteiger partial charge is 0.315 e. The number of nitrogens with one attached hydrogen (secondary N) is 2. The van der Waals surface area contributed by atoms with Gasteiger partial charge >= 0.3 is 6.03 Å². The fourth-order valence-corrected chi connectivity index (χ4v) is 5.93. The van der Waals surface area contributed by atoms with Gasteiger partial charge in [-0.25, -0.2) is 4.79 Å². The van der Waals surface area contributed by atoms with Crippen molar-refractivity contribution < 1.29 is 14.3 Å². The molecule has 3 aliphatic rings. The predicted octanol–water partition coefficient (Wildman–Crippen LogP) is 3.81. The highest BCUT2D eigenvalue weighted by Gasteiger charge is 2.56. The van der Waals surface area contributed by atoms with Gasteiger partial charge in [0.1, 0.15) is 5.75 Å². The second-order valence-electron chi connectivity index (χ2n) is 9.86. The van der Waals surface area contributed by atoms with E-state index in [0.29, 0.717) is 12.5 Å². The van der Waals surface area contributed by atoms with E-state index < -0.39 is 0 Å². The van der Waals surface area contributed by atoms with Crippen LogP contribution in [0.2, 0.25) is 0 Å². The SMILES string of the molecule is COc1ccc(CNC(=O)NC2CC3(C2)CC(C(=O)N2CCCC2c2cccnc2)C3)cc1. The molecule has 1 aromatic heterocycles. The molecule has 2 aliphatic carbocycles. The molecule has 33 heavy (non-hydrogen) atoms. The highest BCUT2D eigenvalue weighted by molar-refractivity contribution is 5.81. The molecule has 2 heterocycles. The maximum atomic E-state index is 13.2. The number of rotatable bonds is 6. The monoisotopic (exact) mass is 448 g/mol. The zero-order valence-electron chi connectivity index (χ0n) is 19.1. The van der Waals surface area contributed by atoms with Crippen LogP contribution in [0.3, 0.4) is 0 Å². The Labute approximate surface area is 194 Å². The van der Waals surface area contributed by atoms with Crippen molar-refractivity contribution in [3.63, 3.8) is 0 Å². The number of pyridine rings is 1. The lowest BCUT2D eigenvalue weighted by Gasteiger charge is -2.57. The molecule has 0 radical (unpaired) electrons. The third-order valence-corrected chi connectivity index (χ3v) is 7.62. The first-order chi connectivity index (χ1) is 16.0. The third kappa shape index (κ3) is 4.54. The fraction of sp³-hybridized carbons (Fsp3) is 0.500. The Morgan fingerprint density at radius 2 is 1.94 bits per heavy atom. The summed E-state index contributed by atoms with van der Waals surface area (Å²) in [6, 6.07) is 11.9. The standard InChI is InChI=1S/C26H32N4O3/c1-33-22-8-6-18(7-9-22)16-28-25(32)29-21-14-26(15-21)12-20(13-26)24(31)30-11-3-5-23(30)19-4-2-10-27-17-19/h2,4,6-10,17,20-21,23H,3,5,11-16H2,1H3,(H2,28,29,32). The Morgan fingerprint density at radius 1 is 1.15 bits per heavy atom. The number of hydrogen-bond donors (Lipinski definition) is 2. The molecule has 1 atom stereocenters. The lowest BCUT2D eigenvalue weighted by atomic mass is 9.50. The van der Waals surface area contributed by atoms with Gasteiger partial charge in [0.15, 0.2) is 0 Å². The Morgan fingerprint density at radius 3 is 2.64 bits per heavy atom. The Bertz CT molecular complexity index is 980. The summed E-state index contributed by atoms with van der Waals surface area (Å²) in [5.41, 5.74) is 2.42. The van der Waals surface area contributed by atoms with E-state index >= 15 is 0 Å². The normalized spacial score (nSPS) is 28.0. The summed E-state index contributed by atoms with van der Waals surface area (Å²) in [5, 5.41) is 6.01. The summed E-state index contributed by atoms with van der Waals surface area (Å²) in [6.45, 7) is 1.33. The summed E-state index contributed by atoms with van der Waals surface area (Å²) in [5.74, 6) is 1.24. The van der Waals surface area contributed by atoms with E-state index in [1.165, 1.54) is 0 Å². The van der Waals surface area contributed by atoms with Gasteiger partial charge in [-0.3, -0.25) is 9.78 Å². The molecule has 5 rings (SSSR count). The van der Waals surface area contributed by atoms with Crippen LogP contribution in [0.4, 0.5) is 4.79 Å². The maximum absolute atomic E-state index is 13.2. The number of aromatic nitrogens is 1. The van der Waals surface area contributed by atoms with Crippen molar-refractivity contribution in [2.75, 3.05) is 13.7 Å². The van der Waals surface area contributed by atoms with Crippen LogP contribution in [0, 0.1) is 11.3 Å². The summed E-state index contributed by atoms with van der Waals surface area (Å²) in [4.78, 5) is 31.8. The van der Waals surface area contributed by atoms with Gasteiger partial charge in [-0.05, 0) is 73.3 Å². The van der Waals surface area contributed by atoms with Gasteiger partial charge in [0, 0.05) is 37.4 Å². The summed E-state index contributed by atoms with van der Waals surface area (Å²) in [7, 11) is 1.64. The number of likely N-dealkylation sites (tertiary alicyclic amines) is 1. The van der Waals surface area contributed by atoms with Gasteiger partial charge in [0.2, 0.25) is 5.91 Å². The van der Waals surface area contributed by atoms with E-state index in [2.05, 4.69) is 26.6 Å². The summed E-state index contributed by atoms with van der Waals surface area (Å²) < 4.78 is 5.16. The molecular weight excluding hydrogens is 416 g/mol. The molecule has 174 valence electrons. The lowest BCUT2D eigenvalue weighted by molar-refractivity contribution is -0.150. The van der Waals surface area contributed by atoms with Gasteiger partial charge in [-0.2, -0.15) is 0 Å². The molecule has 1 aliphatic heterocycles. The van der Waals surface area contributed by atoms with Gasteiger partial charge in [0.05, 0.1) is 13.2 Å². The average molecular weight is 449 g/mol. The van der Waals surface area contributed by atoms with Crippen LogP contribution in [-0.2, 0) is 11.3 Å². The minimum atomic E-state index is -0.131. The highest BCUT2D eigenvalue weighted by atomic mass is 16.5. The fourth-order valence-electron chi connectivity index (χ4n) is 5.93. The van der Waals surface area contributed by atoms with Crippen molar-refractivity contribution in [1.29, 1.82) is 0 Å².